The van der Waals surface area contributed by atoms with Gasteiger partial charge in [-0.15, -0.1) is 0 Å². The molecule has 0 amide bonds. The zero-order valence-electron chi connectivity index (χ0n) is 25.3. The predicted octanol–water partition coefficient (Wildman–Crippen LogP) is 10.2. The summed E-state index contributed by atoms with van der Waals surface area (Å²) in [5, 5.41) is 0. The van der Waals surface area contributed by atoms with Crippen LogP contribution < -0.4 is 0 Å². The molecule has 2 fully saturated rings. The SMILES string of the molecule is CC(C)CCCC(C)C1CCC2(C)C3=CCC4C(C)(CCC(O[Si](C)(C)C)C4(C)C)C3=CCC12C. The van der Waals surface area contributed by atoms with E-state index in [9.17, 15) is 0 Å². The smallest absolute Gasteiger partial charge is 0.184 e. The fourth-order valence-electron chi connectivity index (χ4n) is 9.62. The van der Waals surface area contributed by atoms with Gasteiger partial charge in [0.2, 0.25) is 0 Å². The minimum atomic E-state index is -1.55. The van der Waals surface area contributed by atoms with Gasteiger partial charge in [0.15, 0.2) is 8.32 Å². The molecule has 0 saturated heterocycles. The van der Waals surface area contributed by atoms with Gasteiger partial charge in [-0.3, -0.25) is 0 Å². The van der Waals surface area contributed by atoms with Crippen molar-refractivity contribution < 1.29 is 4.43 Å². The second-order valence-electron chi connectivity index (χ2n) is 15.9. The van der Waals surface area contributed by atoms with Gasteiger partial charge in [0.25, 0.3) is 0 Å². The second-order valence-corrected chi connectivity index (χ2v) is 20.4. The van der Waals surface area contributed by atoms with E-state index in [-0.39, 0.29) is 5.41 Å². The maximum atomic E-state index is 6.82. The van der Waals surface area contributed by atoms with Crippen LogP contribution in [-0.2, 0) is 4.43 Å². The molecule has 2 saturated carbocycles. The Morgan fingerprint density at radius 2 is 1.60 bits per heavy atom. The average molecular weight is 499 g/mol. The summed E-state index contributed by atoms with van der Waals surface area (Å²) < 4.78 is 6.82. The fraction of sp³-hybridized carbons (Fsp3) is 0.879. The van der Waals surface area contributed by atoms with Crippen molar-refractivity contribution in [3.8, 4) is 0 Å². The zero-order chi connectivity index (χ0) is 26.0. The van der Waals surface area contributed by atoms with Gasteiger partial charge in [0.05, 0.1) is 6.10 Å². The quantitative estimate of drug-likeness (QED) is 0.317. The number of allylic oxidation sites excluding steroid dienone is 4. The van der Waals surface area contributed by atoms with Gasteiger partial charge in [-0.25, -0.2) is 0 Å². The Hall–Kier alpha value is -0.343. The van der Waals surface area contributed by atoms with Crippen LogP contribution in [0.15, 0.2) is 23.3 Å². The first-order chi connectivity index (χ1) is 16.1. The molecule has 200 valence electrons. The third-order valence-electron chi connectivity index (χ3n) is 11.9. The molecule has 0 aromatic heterocycles. The third-order valence-corrected chi connectivity index (χ3v) is 12.9. The number of hydrogen-bond donors (Lipinski definition) is 0. The first kappa shape index (κ1) is 27.7. The van der Waals surface area contributed by atoms with Crippen molar-refractivity contribution in [3.63, 3.8) is 0 Å². The van der Waals surface area contributed by atoms with Crippen molar-refractivity contribution in [2.45, 2.75) is 139 Å². The second kappa shape index (κ2) is 9.14. The van der Waals surface area contributed by atoms with Gasteiger partial charge in [0.1, 0.15) is 0 Å². The zero-order valence-corrected chi connectivity index (χ0v) is 26.3. The molecule has 0 heterocycles. The van der Waals surface area contributed by atoms with E-state index >= 15 is 0 Å². The van der Waals surface area contributed by atoms with Crippen LogP contribution >= 0.6 is 0 Å². The molecule has 0 aromatic carbocycles. The van der Waals surface area contributed by atoms with E-state index in [0.29, 0.717) is 28.3 Å². The van der Waals surface area contributed by atoms with Crippen molar-refractivity contribution in [3.05, 3.63) is 23.3 Å². The summed E-state index contributed by atoms with van der Waals surface area (Å²) in [4.78, 5) is 0. The van der Waals surface area contributed by atoms with Crippen LogP contribution in [0.2, 0.25) is 19.6 Å². The highest BCUT2D eigenvalue weighted by molar-refractivity contribution is 6.69. The lowest BCUT2D eigenvalue weighted by Crippen LogP contribution is -2.56. The molecule has 2 heteroatoms. The predicted molar refractivity (Wildman–Crippen MR) is 155 cm³/mol. The number of rotatable bonds is 7. The molecule has 35 heavy (non-hydrogen) atoms. The molecule has 0 aliphatic heterocycles. The monoisotopic (exact) mass is 498 g/mol. The Bertz CT molecular complexity index is 859. The number of hydrogen-bond acceptors (Lipinski definition) is 1. The summed E-state index contributed by atoms with van der Waals surface area (Å²) in [6.07, 6.45) is 18.0. The van der Waals surface area contributed by atoms with Gasteiger partial charge in [-0.1, -0.05) is 86.8 Å². The summed E-state index contributed by atoms with van der Waals surface area (Å²) >= 11 is 0. The van der Waals surface area contributed by atoms with E-state index in [2.05, 4.69) is 87.2 Å². The molecule has 4 rings (SSSR count). The Balaban J connectivity index is 1.61. The largest absolute Gasteiger partial charge is 0.414 e. The summed E-state index contributed by atoms with van der Waals surface area (Å²) in [6.45, 7) is 27.5. The Morgan fingerprint density at radius 3 is 2.23 bits per heavy atom. The molecule has 0 N–H and O–H groups in total. The molecule has 0 bridgehead atoms. The van der Waals surface area contributed by atoms with Crippen molar-refractivity contribution in [1.29, 1.82) is 0 Å². The van der Waals surface area contributed by atoms with Crippen molar-refractivity contribution in [2.24, 2.45) is 45.3 Å². The summed E-state index contributed by atoms with van der Waals surface area (Å²) in [5.74, 6) is 3.22. The lowest BCUT2D eigenvalue weighted by molar-refractivity contribution is -0.0764. The van der Waals surface area contributed by atoms with E-state index < -0.39 is 8.32 Å². The maximum absolute atomic E-state index is 6.82. The summed E-state index contributed by atoms with van der Waals surface area (Å²) in [5.41, 5.74) is 4.80. The molecule has 4 aliphatic rings. The lowest BCUT2D eigenvalue weighted by Gasteiger charge is -2.62. The Kier molecular flexibility index (Phi) is 7.23. The third kappa shape index (κ3) is 4.49. The van der Waals surface area contributed by atoms with Gasteiger partial charge >= 0.3 is 0 Å². The average Bonchev–Trinajstić information content (AvgIpc) is 3.01. The maximum Gasteiger partial charge on any atom is 0.184 e. The van der Waals surface area contributed by atoms with Crippen LogP contribution in [0.4, 0.5) is 0 Å². The highest BCUT2D eigenvalue weighted by atomic mass is 28.4. The van der Waals surface area contributed by atoms with Crippen LogP contribution in [0, 0.1) is 45.3 Å². The van der Waals surface area contributed by atoms with Crippen molar-refractivity contribution >= 4 is 8.32 Å². The van der Waals surface area contributed by atoms with Gasteiger partial charge in [-0.2, -0.15) is 0 Å². The highest BCUT2D eigenvalue weighted by Gasteiger charge is 2.63. The first-order valence-electron chi connectivity index (χ1n) is 15.2. The fourth-order valence-corrected chi connectivity index (χ4v) is 10.9. The van der Waals surface area contributed by atoms with E-state index in [1.807, 2.05) is 0 Å². The highest BCUT2D eigenvalue weighted by Crippen LogP contribution is 2.72. The first-order valence-corrected chi connectivity index (χ1v) is 18.6. The normalized spacial score (nSPS) is 41.5. The molecule has 7 atom stereocenters. The lowest BCUT2D eigenvalue weighted by atomic mass is 9.44. The van der Waals surface area contributed by atoms with Crippen LogP contribution in [0.5, 0.6) is 0 Å². The van der Waals surface area contributed by atoms with E-state index in [1.54, 1.807) is 11.1 Å². The van der Waals surface area contributed by atoms with Crippen LogP contribution in [-0.4, -0.2) is 14.4 Å². The molecule has 7 unspecified atom stereocenters. The number of fused-ring (bicyclic) bond motifs is 5. The van der Waals surface area contributed by atoms with Crippen LogP contribution in [0.1, 0.15) is 113 Å². The molecule has 0 spiro atoms. The molecule has 0 radical (unpaired) electrons. The molecule has 1 nitrogen and oxygen atoms in total. The van der Waals surface area contributed by atoms with Gasteiger partial charge in [0, 0.05) is 0 Å². The standard InChI is InChI=1S/C33H58OSi/c1-23(2)13-12-14-24(3)25-17-21-33(8)27-15-16-28-30(4,5)29(34-35(9,10)11)19-20-31(28,6)26(27)18-22-32(25,33)7/h15,18,23-25,28-29H,12-14,16-17,19-22H2,1-11H3. The van der Waals surface area contributed by atoms with E-state index in [4.69, 9.17) is 4.43 Å². The topological polar surface area (TPSA) is 9.23 Å². The minimum absolute atomic E-state index is 0.223. The molecule has 0 aromatic rings. The van der Waals surface area contributed by atoms with Gasteiger partial charge < -0.3 is 4.43 Å². The van der Waals surface area contributed by atoms with Crippen LogP contribution in [0.25, 0.3) is 0 Å². The van der Waals surface area contributed by atoms with Crippen molar-refractivity contribution in [2.75, 3.05) is 0 Å². The minimum Gasteiger partial charge on any atom is -0.414 e. The summed E-state index contributed by atoms with van der Waals surface area (Å²) in [7, 11) is -1.55. The molecular weight excluding hydrogens is 440 g/mol. The summed E-state index contributed by atoms with van der Waals surface area (Å²) in [6, 6.07) is 0. The molecular formula is C33H58OSi. The van der Waals surface area contributed by atoms with E-state index in [1.165, 1.54) is 57.8 Å². The van der Waals surface area contributed by atoms with E-state index in [0.717, 1.165) is 17.8 Å². The van der Waals surface area contributed by atoms with Gasteiger partial charge in [-0.05, 0) is 115 Å². The Labute approximate surface area is 220 Å². The Morgan fingerprint density at radius 1 is 0.914 bits per heavy atom. The molecule has 4 aliphatic carbocycles. The van der Waals surface area contributed by atoms with Crippen molar-refractivity contribution in [1.82, 2.24) is 0 Å². The van der Waals surface area contributed by atoms with Crippen LogP contribution in [0.3, 0.4) is 0 Å².